The second-order valence-electron chi connectivity index (χ2n) is 4.38. The summed E-state index contributed by atoms with van der Waals surface area (Å²) >= 11 is 0. The van der Waals surface area contributed by atoms with Crippen LogP contribution in [0.1, 0.15) is 20.3 Å². The molecule has 0 bridgehead atoms. The summed E-state index contributed by atoms with van der Waals surface area (Å²) in [4.78, 5) is 11.8. The molecule has 0 aliphatic heterocycles. The number of carbonyl (C=O) groups is 1. The lowest BCUT2D eigenvalue weighted by atomic mass is 10.2. The van der Waals surface area contributed by atoms with Gasteiger partial charge in [-0.05, 0) is 25.5 Å². The quantitative estimate of drug-likeness (QED) is 0.754. The molecule has 3 N–H and O–H groups in total. The zero-order chi connectivity index (χ0) is 13.0. The van der Waals surface area contributed by atoms with E-state index in [0.29, 0.717) is 12.6 Å². The molecule has 1 amide bonds. The third kappa shape index (κ3) is 2.87. The minimum atomic E-state index is -0.0380. The fourth-order valence-corrected chi connectivity index (χ4v) is 1.68. The number of amides is 1. The molecule has 1 aromatic heterocycles. The van der Waals surface area contributed by atoms with Gasteiger partial charge in [0.25, 0.3) is 0 Å². The summed E-state index contributed by atoms with van der Waals surface area (Å²) in [5.41, 5.74) is 1.71. The average molecular weight is 246 g/mol. The highest BCUT2D eigenvalue weighted by Gasteiger charge is 2.07. The number of fused-ring (bicyclic) bond motifs is 1. The molecule has 0 aliphatic rings. The number of benzene rings is 1. The van der Waals surface area contributed by atoms with Crippen LogP contribution in [0.3, 0.4) is 0 Å². The summed E-state index contributed by atoms with van der Waals surface area (Å²) in [5.74, 6) is -0.0380. The normalized spacial score (nSPS) is 12.6. The van der Waals surface area contributed by atoms with E-state index in [-0.39, 0.29) is 5.91 Å². The Morgan fingerprint density at radius 2 is 2.33 bits per heavy atom. The Hall–Kier alpha value is -1.88. The van der Waals surface area contributed by atoms with Gasteiger partial charge >= 0.3 is 0 Å². The van der Waals surface area contributed by atoms with Gasteiger partial charge in [-0.2, -0.15) is 5.10 Å². The van der Waals surface area contributed by atoms with Crippen molar-refractivity contribution in [1.29, 1.82) is 0 Å². The fourth-order valence-electron chi connectivity index (χ4n) is 1.68. The summed E-state index contributed by atoms with van der Waals surface area (Å²) in [6.07, 6.45) is 2.72. The van der Waals surface area contributed by atoms with E-state index >= 15 is 0 Å². The monoisotopic (exact) mass is 246 g/mol. The Kier molecular flexibility index (Phi) is 3.94. The Morgan fingerprint density at radius 3 is 3.11 bits per heavy atom. The zero-order valence-electron chi connectivity index (χ0n) is 10.7. The molecule has 18 heavy (non-hydrogen) atoms. The van der Waals surface area contributed by atoms with Gasteiger partial charge in [-0.1, -0.05) is 13.0 Å². The second kappa shape index (κ2) is 5.64. The lowest BCUT2D eigenvalue weighted by molar-refractivity contribution is -0.115. The van der Waals surface area contributed by atoms with E-state index in [2.05, 4.69) is 34.7 Å². The van der Waals surface area contributed by atoms with Gasteiger partial charge in [0, 0.05) is 11.4 Å². The van der Waals surface area contributed by atoms with Gasteiger partial charge in [-0.15, -0.1) is 0 Å². The largest absolute Gasteiger partial charge is 0.324 e. The first-order valence-electron chi connectivity index (χ1n) is 6.16. The van der Waals surface area contributed by atoms with Crippen LogP contribution < -0.4 is 10.6 Å². The van der Waals surface area contributed by atoms with Crippen LogP contribution in [0.2, 0.25) is 0 Å². The number of hydrogen-bond acceptors (Lipinski definition) is 3. The van der Waals surface area contributed by atoms with Crippen LogP contribution in [0.15, 0.2) is 24.4 Å². The van der Waals surface area contributed by atoms with Crippen molar-refractivity contribution >= 4 is 22.5 Å². The van der Waals surface area contributed by atoms with Crippen LogP contribution in [-0.2, 0) is 4.79 Å². The maximum absolute atomic E-state index is 11.8. The predicted molar refractivity (Wildman–Crippen MR) is 72.5 cm³/mol. The molecule has 2 rings (SSSR count). The van der Waals surface area contributed by atoms with E-state index in [1.807, 2.05) is 18.2 Å². The van der Waals surface area contributed by atoms with Crippen molar-refractivity contribution in [3.63, 3.8) is 0 Å². The van der Waals surface area contributed by atoms with E-state index in [1.54, 1.807) is 6.20 Å². The van der Waals surface area contributed by atoms with Crippen molar-refractivity contribution in [2.75, 3.05) is 11.9 Å². The van der Waals surface area contributed by atoms with E-state index in [0.717, 1.165) is 23.0 Å². The van der Waals surface area contributed by atoms with Crippen LogP contribution >= 0.6 is 0 Å². The third-order valence-corrected chi connectivity index (χ3v) is 2.98. The van der Waals surface area contributed by atoms with Crippen molar-refractivity contribution in [1.82, 2.24) is 15.5 Å². The number of nitrogens with one attached hydrogen (secondary N) is 3. The molecule has 1 aromatic carbocycles. The highest BCUT2D eigenvalue weighted by molar-refractivity contribution is 6.01. The summed E-state index contributed by atoms with van der Waals surface area (Å²) < 4.78 is 0. The topological polar surface area (TPSA) is 69.8 Å². The van der Waals surface area contributed by atoms with Crippen molar-refractivity contribution in [2.45, 2.75) is 26.3 Å². The summed E-state index contributed by atoms with van der Waals surface area (Å²) in [5, 5.41) is 13.8. The number of aromatic nitrogens is 2. The molecule has 1 heterocycles. The maximum atomic E-state index is 11.8. The number of nitrogens with zero attached hydrogens (tertiary/aromatic N) is 1. The molecule has 0 saturated carbocycles. The van der Waals surface area contributed by atoms with Crippen LogP contribution in [0, 0.1) is 0 Å². The van der Waals surface area contributed by atoms with E-state index in [1.165, 1.54) is 0 Å². The molecule has 2 aromatic rings. The first-order chi connectivity index (χ1) is 8.70. The number of aromatic amines is 1. The molecule has 1 atom stereocenters. The summed E-state index contributed by atoms with van der Waals surface area (Å²) in [7, 11) is 0. The highest BCUT2D eigenvalue weighted by atomic mass is 16.1. The fraction of sp³-hybridized carbons (Fsp3) is 0.385. The molecule has 1 unspecified atom stereocenters. The Labute approximate surface area is 106 Å². The molecule has 5 nitrogen and oxygen atoms in total. The minimum Gasteiger partial charge on any atom is -0.324 e. The molecular formula is C13H18N4O. The molecule has 5 heteroatoms. The number of rotatable bonds is 5. The van der Waals surface area contributed by atoms with E-state index in [4.69, 9.17) is 0 Å². The van der Waals surface area contributed by atoms with Crippen LogP contribution in [0.5, 0.6) is 0 Å². The van der Waals surface area contributed by atoms with Crippen LogP contribution in [0.4, 0.5) is 5.69 Å². The zero-order valence-corrected chi connectivity index (χ0v) is 10.7. The number of H-pyrrole nitrogens is 1. The van der Waals surface area contributed by atoms with Crippen molar-refractivity contribution in [2.24, 2.45) is 0 Å². The number of hydrogen-bond donors (Lipinski definition) is 3. The van der Waals surface area contributed by atoms with Gasteiger partial charge in [0.1, 0.15) is 0 Å². The van der Waals surface area contributed by atoms with Gasteiger partial charge < -0.3 is 10.6 Å². The van der Waals surface area contributed by atoms with Crippen molar-refractivity contribution in [3.8, 4) is 0 Å². The van der Waals surface area contributed by atoms with Crippen molar-refractivity contribution in [3.05, 3.63) is 24.4 Å². The Bertz CT molecular complexity index is 535. The first-order valence-corrected chi connectivity index (χ1v) is 6.16. The maximum Gasteiger partial charge on any atom is 0.238 e. The SMILES string of the molecule is CCC(C)NCC(=O)Nc1cccc2[nH]ncc12. The number of carbonyl (C=O) groups excluding carboxylic acids is 1. The van der Waals surface area contributed by atoms with Gasteiger partial charge in [0.2, 0.25) is 5.91 Å². The summed E-state index contributed by atoms with van der Waals surface area (Å²) in [6.45, 7) is 4.47. The lowest BCUT2D eigenvalue weighted by Gasteiger charge is -2.11. The Morgan fingerprint density at radius 1 is 1.50 bits per heavy atom. The minimum absolute atomic E-state index is 0.0380. The first kappa shape index (κ1) is 12.6. The molecular weight excluding hydrogens is 228 g/mol. The van der Waals surface area contributed by atoms with Crippen molar-refractivity contribution < 1.29 is 4.79 Å². The molecule has 0 aliphatic carbocycles. The third-order valence-electron chi connectivity index (χ3n) is 2.98. The van der Waals surface area contributed by atoms with Crippen LogP contribution in [0.25, 0.3) is 10.9 Å². The van der Waals surface area contributed by atoms with E-state index in [9.17, 15) is 4.79 Å². The van der Waals surface area contributed by atoms with E-state index < -0.39 is 0 Å². The second-order valence-corrected chi connectivity index (χ2v) is 4.38. The summed E-state index contributed by atoms with van der Waals surface area (Å²) in [6, 6.07) is 6.03. The predicted octanol–water partition coefficient (Wildman–Crippen LogP) is 1.89. The molecule has 0 fully saturated rings. The average Bonchev–Trinajstić information content (AvgIpc) is 2.85. The highest BCUT2D eigenvalue weighted by Crippen LogP contribution is 2.20. The molecule has 96 valence electrons. The van der Waals surface area contributed by atoms with Gasteiger partial charge in [-0.25, -0.2) is 0 Å². The standard InChI is InChI=1S/C13H18N4O/c1-3-9(2)14-8-13(18)16-11-5-4-6-12-10(11)7-15-17-12/h4-7,9,14H,3,8H2,1-2H3,(H,15,17)(H,16,18). The number of anilines is 1. The van der Waals surface area contributed by atoms with Gasteiger partial charge in [0.15, 0.2) is 0 Å². The van der Waals surface area contributed by atoms with Crippen LogP contribution in [-0.4, -0.2) is 28.7 Å². The van der Waals surface area contributed by atoms with Gasteiger partial charge in [-0.3, -0.25) is 9.89 Å². The Balaban J connectivity index is 2.00. The molecule has 0 spiro atoms. The molecule has 0 radical (unpaired) electrons. The smallest absolute Gasteiger partial charge is 0.238 e. The lowest BCUT2D eigenvalue weighted by Crippen LogP contribution is -2.33. The molecule has 0 saturated heterocycles. The van der Waals surface area contributed by atoms with Gasteiger partial charge in [0.05, 0.1) is 23.9 Å².